The van der Waals surface area contributed by atoms with Crippen LogP contribution in [-0.2, 0) is 0 Å². The van der Waals surface area contributed by atoms with Crippen molar-refractivity contribution < 1.29 is 10.2 Å². The van der Waals surface area contributed by atoms with Crippen LogP contribution in [0.2, 0.25) is 0 Å². The van der Waals surface area contributed by atoms with E-state index in [0.29, 0.717) is 18.8 Å². The van der Waals surface area contributed by atoms with Crippen molar-refractivity contribution in [2.45, 2.75) is 19.5 Å². The first kappa shape index (κ1) is 17.5. The summed E-state index contributed by atoms with van der Waals surface area (Å²) in [4.78, 5) is 29.7. The molecule has 1 saturated heterocycles. The summed E-state index contributed by atoms with van der Waals surface area (Å²) in [5, 5.41) is 9.23. The minimum atomic E-state index is -0.299. The molecule has 0 saturated carbocycles. The fourth-order valence-corrected chi connectivity index (χ4v) is 4.12. The first-order valence-corrected chi connectivity index (χ1v) is 9.70. The monoisotopic (exact) mass is 381 g/mol. The number of urea groups is 1. The first-order valence-electron chi connectivity index (χ1n) is 8.88. The molecule has 0 spiro atoms. The number of hydrogen-bond donors (Lipinski definition) is 2. The average molecular weight is 381 g/mol. The van der Waals surface area contributed by atoms with E-state index in [4.69, 9.17) is 5.41 Å². The smallest absolute Gasteiger partial charge is 0.345 e. The number of thiophene rings is 1. The molecule has 0 radical (unpaired) electrons. The molecule has 8 heteroatoms. The van der Waals surface area contributed by atoms with Crippen LogP contribution >= 0.6 is 11.3 Å². The van der Waals surface area contributed by atoms with Crippen molar-refractivity contribution in [1.82, 2.24) is 10.2 Å². The van der Waals surface area contributed by atoms with Crippen LogP contribution in [-0.4, -0.2) is 53.7 Å². The third kappa shape index (κ3) is 3.80. The van der Waals surface area contributed by atoms with Gasteiger partial charge in [0.2, 0.25) is 11.5 Å². The Hall–Kier alpha value is -2.87. The summed E-state index contributed by atoms with van der Waals surface area (Å²) in [5.74, 6) is 0.555. The molecule has 2 amide bonds. The second-order valence-electron chi connectivity index (χ2n) is 6.68. The summed E-state index contributed by atoms with van der Waals surface area (Å²) in [6.07, 6.45) is 10.1. The molecule has 3 aliphatic heterocycles. The first-order chi connectivity index (χ1) is 13.1. The molecular formula is C19H21N6OS+. The Balaban J connectivity index is 1.47. The van der Waals surface area contributed by atoms with Crippen molar-refractivity contribution >= 4 is 40.8 Å². The van der Waals surface area contributed by atoms with E-state index in [2.05, 4.69) is 20.3 Å². The zero-order valence-corrected chi connectivity index (χ0v) is 15.8. The Kier molecular flexibility index (Phi) is 4.81. The number of rotatable bonds is 2. The zero-order valence-electron chi connectivity index (χ0n) is 15.0. The van der Waals surface area contributed by atoms with Crippen LogP contribution in [0.15, 0.2) is 51.5 Å². The molecule has 7 nitrogen and oxygen atoms in total. The molecule has 0 aliphatic carbocycles. The molecule has 1 fully saturated rings. The number of dihydropyridines is 1. The highest BCUT2D eigenvalue weighted by molar-refractivity contribution is 7.14. The van der Waals surface area contributed by atoms with Gasteiger partial charge in [0.15, 0.2) is 0 Å². The normalized spacial score (nSPS) is 25.8. The van der Waals surface area contributed by atoms with Crippen LogP contribution in [0.25, 0.3) is 0 Å². The van der Waals surface area contributed by atoms with Gasteiger partial charge in [-0.3, -0.25) is 10.4 Å². The maximum Gasteiger partial charge on any atom is 0.345 e. The van der Waals surface area contributed by atoms with Crippen LogP contribution in [0.4, 0.5) is 4.79 Å². The number of allylic oxidation sites excluding steroid dienone is 2. The van der Waals surface area contributed by atoms with E-state index in [1.165, 1.54) is 4.88 Å². The number of carbonyl (C=O) groups is 1. The van der Waals surface area contributed by atoms with Crippen molar-refractivity contribution in [3.05, 3.63) is 46.3 Å². The van der Waals surface area contributed by atoms with Gasteiger partial charge in [0.05, 0.1) is 10.6 Å². The summed E-state index contributed by atoms with van der Waals surface area (Å²) >= 11 is 1.65. The van der Waals surface area contributed by atoms with E-state index >= 15 is 0 Å². The highest BCUT2D eigenvalue weighted by Gasteiger charge is 2.32. The van der Waals surface area contributed by atoms with Gasteiger partial charge in [0.25, 0.3) is 0 Å². The molecule has 27 heavy (non-hydrogen) atoms. The van der Waals surface area contributed by atoms with Gasteiger partial charge in [-0.1, -0.05) is 0 Å². The van der Waals surface area contributed by atoms with Crippen molar-refractivity contribution in [1.29, 1.82) is 0 Å². The fraction of sp³-hybridized carbons (Fsp3) is 0.316. The lowest BCUT2D eigenvalue weighted by molar-refractivity contribution is -0.109. The van der Waals surface area contributed by atoms with Crippen LogP contribution < -0.4 is 10.7 Å². The average Bonchev–Trinajstić information content (AvgIpc) is 3.34. The Morgan fingerprint density at radius 2 is 2.30 bits per heavy atom. The van der Waals surface area contributed by atoms with Gasteiger partial charge in [-0.15, -0.1) is 11.3 Å². The van der Waals surface area contributed by atoms with E-state index in [-0.39, 0.29) is 24.0 Å². The number of hydrogen-bond acceptors (Lipinski definition) is 4. The van der Waals surface area contributed by atoms with Crippen molar-refractivity contribution in [3.63, 3.8) is 0 Å². The van der Waals surface area contributed by atoms with Gasteiger partial charge < -0.3 is 10.2 Å². The molecule has 4 rings (SSSR count). The van der Waals surface area contributed by atoms with Gasteiger partial charge in [0, 0.05) is 36.2 Å². The van der Waals surface area contributed by atoms with Crippen LogP contribution in [0, 0.1) is 12.8 Å². The lowest BCUT2D eigenvalue weighted by Crippen LogP contribution is -2.45. The zero-order chi connectivity index (χ0) is 18.8. The standard InChI is InChI=1S/C19H20N6OS/c1-12-3-6-16(27-12)15-5-4-14(20)18(23-15)24-19(26)25-10-7-13(11-25)17-21-8-2-9-22-17/h2-6,8-9,13,17,20-21H,7,10-11H2,1H3/p+1/b20-14?,24-18-. The highest BCUT2D eigenvalue weighted by Crippen LogP contribution is 2.22. The van der Waals surface area contributed by atoms with Crippen LogP contribution in [0.5, 0.6) is 0 Å². The maximum atomic E-state index is 12.6. The number of amides is 2. The molecule has 2 unspecified atom stereocenters. The van der Waals surface area contributed by atoms with Crippen LogP contribution in [0.1, 0.15) is 16.2 Å². The fourth-order valence-electron chi connectivity index (χ4n) is 3.28. The van der Waals surface area contributed by atoms with Gasteiger partial charge in [-0.25, -0.2) is 9.79 Å². The lowest BCUT2D eigenvalue weighted by atomic mass is 10.1. The minimum Gasteiger partial charge on any atom is -0.370 e. The second kappa shape index (κ2) is 7.40. The number of nitrogens with one attached hydrogen (secondary N) is 1. The molecule has 3 N–H and O–H groups in total. The van der Waals surface area contributed by atoms with E-state index in [0.717, 1.165) is 17.0 Å². The molecular weight excluding hydrogens is 360 g/mol. The highest BCUT2D eigenvalue weighted by atomic mass is 32.1. The SMILES string of the molecule is Cc1ccc(C2=N/C(=N\C(=O)N3CCC(C4N=CC=CN4)C3)C(=[NH2+])C=C2)s1. The summed E-state index contributed by atoms with van der Waals surface area (Å²) in [5.41, 5.74) is 1.18. The third-order valence-electron chi connectivity index (χ3n) is 4.74. The molecule has 2 atom stereocenters. The van der Waals surface area contributed by atoms with Crippen molar-refractivity contribution in [2.24, 2.45) is 20.9 Å². The summed E-state index contributed by atoms with van der Waals surface area (Å²) in [6.45, 7) is 3.33. The summed E-state index contributed by atoms with van der Waals surface area (Å²) < 4.78 is 0. The molecule has 1 aromatic rings. The topological polar surface area (TPSA) is 95.0 Å². The molecule has 0 bridgehead atoms. The van der Waals surface area contributed by atoms with E-state index in [1.807, 2.05) is 37.4 Å². The Labute approximate surface area is 161 Å². The molecule has 3 aliphatic rings. The largest absolute Gasteiger partial charge is 0.370 e. The quantitative estimate of drug-likeness (QED) is 0.799. The van der Waals surface area contributed by atoms with E-state index in [1.54, 1.807) is 28.5 Å². The molecule has 138 valence electrons. The predicted octanol–water partition coefficient (Wildman–Crippen LogP) is 0.970. The second-order valence-corrected chi connectivity index (χ2v) is 7.97. The summed E-state index contributed by atoms with van der Waals surface area (Å²) in [7, 11) is 0. The number of likely N-dealkylation sites (tertiary alicyclic amines) is 1. The van der Waals surface area contributed by atoms with Crippen molar-refractivity contribution in [2.75, 3.05) is 13.1 Å². The predicted molar refractivity (Wildman–Crippen MR) is 109 cm³/mol. The lowest BCUT2D eigenvalue weighted by Gasteiger charge is -2.21. The third-order valence-corrected chi connectivity index (χ3v) is 5.76. The van der Waals surface area contributed by atoms with Gasteiger partial charge in [-0.05, 0) is 43.8 Å². The Bertz CT molecular complexity index is 922. The van der Waals surface area contributed by atoms with Gasteiger partial charge >= 0.3 is 6.03 Å². The van der Waals surface area contributed by atoms with E-state index < -0.39 is 0 Å². The molecule has 4 heterocycles. The van der Waals surface area contributed by atoms with Crippen LogP contribution in [0.3, 0.4) is 0 Å². The van der Waals surface area contributed by atoms with Gasteiger partial charge in [0.1, 0.15) is 6.17 Å². The van der Waals surface area contributed by atoms with Gasteiger partial charge in [-0.2, -0.15) is 4.99 Å². The number of amidine groups is 1. The minimum absolute atomic E-state index is 0.0152. The Morgan fingerprint density at radius 3 is 3.04 bits per heavy atom. The molecule has 1 aromatic heterocycles. The maximum absolute atomic E-state index is 12.6. The molecule has 0 aromatic carbocycles. The number of nitrogens with zero attached hydrogens (tertiary/aromatic N) is 4. The number of nitrogens with two attached hydrogens (primary N) is 1. The van der Waals surface area contributed by atoms with E-state index in [9.17, 15) is 4.79 Å². The summed E-state index contributed by atoms with van der Waals surface area (Å²) in [6, 6.07) is 3.76. The Morgan fingerprint density at radius 1 is 1.41 bits per heavy atom. The number of carbonyl (C=O) groups excluding carboxylic acids is 1. The number of aryl methyl sites for hydroxylation is 1. The number of aliphatic imine (C=N–C) groups is 3. The van der Waals surface area contributed by atoms with Crippen molar-refractivity contribution in [3.8, 4) is 0 Å².